The topological polar surface area (TPSA) is 79.2 Å². The van der Waals surface area contributed by atoms with E-state index in [4.69, 9.17) is 23.2 Å². The van der Waals surface area contributed by atoms with Crippen LogP contribution in [-0.4, -0.2) is 30.9 Å². The van der Waals surface area contributed by atoms with Crippen LogP contribution < -0.4 is 5.32 Å². The standard InChI is InChI=1S/C30H34BNO6/c1-29(2)22-12-25(29)30(3)26(13-22)37-31(38-30)27(11-21-17-35-24-7-5-4-6-23(21)24)32-28(33)36-14-18-8-9-19-15-34-16-20(19)10-18/h4-10,17,22,25-27H,11-16H2,1-3H3,(H,32,33)/t22-,25-,26+,27-,30-/m0/s1. The van der Waals surface area contributed by atoms with Crippen LogP contribution in [0.2, 0.25) is 0 Å². The van der Waals surface area contributed by atoms with Crippen molar-refractivity contribution in [2.45, 2.75) is 77.5 Å². The van der Waals surface area contributed by atoms with Crippen molar-refractivity contribution >= 4 is 24.2 Å². The van der Waals surface area contributed by atoms with Crippen molar-refractivity contribution in [3.05, 3.63) is 71.0 Å². The van der Waals surface area contributed by atoms with E-state index in [1.807, 2.05) is 42.5 Å². The van der Waals surface area contributed by atoms with Gasteiger partial charge in [-0.2, -0.15) is 0 Å². The van der Waals surface area contributed by atoms with E-state index in [2.05, 4.69) is 26.1 Å². The molecule has 0 radical (unpaired) electrons. The SMILES string of the molecule is CC1(C)[C@@H]2C[C@H]3OB([C@H](Cc4coc5ccccc45)NC(=O)OCc4ccc5c(c4)COC5)O[C@@]3(C)[C@H]1C2. The van der Waals surface area contributed by atoms with Crippen LogP contribution in [0.3, 0.4) is 0 Å². The molecule has 38 heavy (non-hydrogen) atoms. The molecule has 0 spiro atoms. The van der Waals surface area contributed by atoms with Crippen LogP contribution in [0.4, 0.5) is 4.79 Å². The molecule has 1 N–H and O–H groups in total. The molecule has 1 saturated heterocycles. The molecule has 7 nitrogen and oxygen atoms in total. The van der Waals surface area contributed by atoms with Gasteiger partial charge in [-0.25, -0.2) is 4.79 Å². The Morgan fingerprint density at radius 2 is 1.97 bits per heavy atom. The maximum Gasteiger partial charge on any atom is 0.482 e. The molecule has 8 rings (SSSR count). The van der Waals surface area contributed by atoms with E-state index < -0.39 is 19.2 Å². The van der Waals surface area contributed by atoms with Crippen molar-refractivity contribution in [2.75, 3.05) is 0 Å². The molecule has 2 aromatic carbocycles. The third-order valence-corrected chi connectivity index (χ3v) is 9.76. The number of rotatable bonds is 6. The number of hydrogen-bond donors (Lipinski definition) is 1. The molecule has 3 heterocycles. The Balaban J connectivity index is 1.10. The Kier molecular flexibility index (Phi) is 5.66. The van der Waals surface area contributed by atoms with Crippen LogP contribution in [0.25, 0.3) is 11.0 Å². The Hall–Kier alpha value is -2.81. The molecule has 3 saturated carbocycles. The largest absolute Gasteiger partial charge is 0.482 e. The molecule has 1 aromatic heterocycles. The zero-order chi connectivity index (χ0) is 26.1. The van der Waals surface area contributed by atoms with Gasteiger partial charge in [-0.05, 0) is 77.8 Å². The van der Waals surface area contributed by atoms with Gasteiger partial charge in [0.25, 0.3) is 0 Å². The normalized spacial score (nSPS) is 29.4. The number of benzene rings is 2. The van der Waals surface area contributed by atoms with Gasteiger partial charge >= 0.3 is 13.2 Å². The van der Waals surface area contributed by atoms with Crippen LogP contribution in [0.15, 0.2) is 53.1 Å². The molecule has 2 aliphatic heterocycles. The average Bonchev–Trinajstić information content (AvgIpc) is 3.62. The van der Waals surface area contributed by atoms with Crippen molar-refractivity contribution in [1.82, 2.24) is 5.32 Å². The first-order valence-electron chi connectivity index (χ1n) is 13.7. The molecule has 198 valence electrons. The summed E-state index contributed by atoms with van der Waals surface area (Å²) in [6.07, 6.45) is 3.98. The molecule has 5 atom stereocenters. The van der Waals surface area contributed by atoms with E-state index >= 15 is 0 Å². The first-order valence-corrected chi connectivity index (χ1v) is 13.7. The van der Waals surface area contributed by atoms with E-state index in [1.54, 1.807) is 6.26 Å². The van der Waals surface area contributed by atoms with E-state index in [1.165, 1.54) is 12.0 Å². The maximum atomic E-state index is 13.1. The van der Waals surface area contributed by atoms with E-state index in [-0.39, 0.29) is 23.7 Å². The lowest BCUT2D eigenvalue weighted by atomic mass is 9.43. The second-order valence-electron chi connectivity index (χ2n) is 12.2. The molecule has 3 aliphatic carbocycles. The number of carbonyl (C=O) groups excluding carboxylic acids is 1. The van der Waals surface area contributed by atoms with Gasteiger partial charge in [-0.15, -0.1) is 0 Å². The fraction of sp³-hybridized carbons (Fsp3) is 0.500. The fourth-order valence-electron chi connectivity index (χ4n) is 7.37. The molecule has 8 heteroatoms. The molecular weight excluding hydrogens is 481 g/mol. The number of nitrogens with one attached hydrogen (secondary N) is 1. The van der Waals surface area contributed by atoms with Crippen LogP contribution in [-0.2, 0) is 45.0 Å². The van der Waals surface area contributed by atoms with E-state index in [0.29, 0.717) is 31.5 Å². The lowest BCUT2D eigenvalue weighted by molar-refractivity contribution is -0.199. The molecule has 3 aromatic rings. The highest BCUT2D eigenvalue weighted by Crippen LogP contribution is 2.65. The van der Waals surface area contributed by atoms with Crippen LogP contribution >= 0.6 is 0 Å². The highest BCUT2D eigenvalue weighted by molar-refractivity contribution is 6.48. The minimum absolute atomic E-state index is 0.0272. The van der Waals surface area contributed by atoms with Gasteiger partial charge in [0, 0.05) is 5.39 Å². The quantitative estimate of drug-likeness (QED) is 0.433. The van der Waals surface area contributed by atoms with Gasteiger partial charge in [0.2, 0.25) is 0 Å². The Morgan fingerprint density at radius 3 is 2.84 bits per heavy atom. The van der Waals surface area contributed by atoms with Crippen LogP contribution in [0.1, 0.15) is 55.9 Å². The third-order valence-electron chi connectivity index (χ3n) is 9.76. The molecule has 5 aliphatic rings. The first kappa shape index (κ1) is 24.3. The molecule has 4 fully saturated rings. The predicted molar refractivity (Wildman–Crippen MR) is 142 cm³/mol. The zero-order valence-corrected chi connectivity index (χ0v) is 22.2. The summed E-state index contributed by atoms with van der Waals surface area (Å²) < 4.78 is 30.3. The van der Waals surface area contributed by atoms with Crippen molar-refractivity contribution in [1.29, 1.82) is 0 Å². The van der Waals surface area contributed by atoms with Crippen LogP contribution in [0.5, 0.6) is 0 Å². The van der Waals surface area contributed by atoms with E-state index in [0.717, 1.165) is 34.1 Å². The predicted octanol–water partition coefficient (Wildman–Crippen LogP) is 5.57. The monoisotopic (exact) mass is 515 g/mol. The summed E-state index contributed by atoms with van der Waals surface area (Å²) in [6, 6.07) is 14.0. The summed E-state index contributed by atoms with van der Waals surface area (Å²) in [5.74, 6) is 0.661. The summed E-state index contributed by atoms with van der Waals surface area (Å²) in [5, 5.41) is 4.11. The van der Waals surface area contributed by atoms with Gasteiger partial charge in [-0.3, -0.25) is 0 Å². The smallest absolute Gasteiger partial charge is 0.464 e. The van der Waals surface area contributed by atoms with Gasteiger partial charge in [0.15, 0.2) is 0 Å². The number of furan rings is 1. The minimum Gasteiger partial charge on any atom is -0.464 e. The second-order valence-corrected chi connectivity index (χ2v) is 12.2. The van der Waals surface area contributed by atoms with Crippen molar-refractivity contribution < 1.29 is 28.0 Å². The average molecular weight is 515 g/mol. The number of alkyl carbamates (subject to hydrolysis) is 1. The number of fused-ring (bicyclic) bond motifs is 2. The van der Waals surface area contributed by atoms with Crippen LogP contribution in [0, 0.1) is 17.3 Å². The number of hydrogen-bond acceptors (Lipinski definition) is 6. The molecule has 2 bridgehead atoms. The summed E-state index contributed by atoms with van der Waals surface area (Å²) in [5.41, 5.74) is 4.99. The van der Waals surface area contributed by atoms with Gasteiger partial charge in [0.05, 0.1) is 37.1 Å². The summed E-state index contributed by atoms with van der Waals surface area (Å²) >= 11 is 0. The van der Waals surface area contributed by atoms with Crippen molar-refractivity contribution in [3.63, 3.8) is 0 Å². The number of para-hydroxylation sites is 1. The fourth-order valence-corrected chi connectivity index (χ4v) is 7.37. The highest BCUT2D eigenvalue weighted by Gasteiger charge is 2.68. The van der Waals surface area contributed by atoms with E-state index in [9.17, 15) is 4.79 Å². The lowest BCUT2D eigenvalue weighted by Gasteiger charge is -2.64. The first-order chi connectivity index (χ1) is 18.3. The lowest BCUT2D eigenvalue weighted by Crippen LogP contribution is -2.65. The number of carbonyl (C=O) groups is 1. The summed E-state index contributed by atoms with van der Waals surface area (Å²) in [6.45, 7) is 8.32. The van der Waals surface area contributed by atoms with Gasteiger partial charge < -0.3 is 28.5 Å². The Labute approximate surface area is 223 Å². The Morgan fingerprint density at radius 1 is 1.13 bits per heavy atom. The minimum atomic E-state index is -0.571. The maximum absolute atomic E-state index is 13.1. The van der Waals surface area contributed by atoms with Crippen molar-refractivity contribution in [2.24, 2.45) is 17.3 Å². The summed E-state index contributed by atoms with van der Waals surface area (Å²) in [4.78, 5) is 13.1. The summed E-state index contributed by atoms with van der Waals surface area (Å²) in [7, 11) is -0.571. The number of ether oxygens (including phenoxy) is 2. The molecule has 1 amide bonds. The van der Waals surface area contributed by atoms with Crippen molar-refractivity contribution in [3.8, 4) is 0 Å². The highest BCUT2D eigenvalue weighted by atomic mass is 16.7. The Bertz CT molecular complexity index is 1390. The van der Waals surface area contributed by atoms with Gasteiger partial charge in [0.1, 0.15) is 12.2 Å². The second kappa shape index (κ2) is 8.86. The third kappa shape index (κ3) is 3.88. The van der Waals surface area contributed by atoms with Gasteiger partial charge in [-0.1, -0.05) is 44.2 Å². The number of amides is 1. The molecular formula is C30H34BNO6. The zero-order valence-electron chi connectivity index (χ0n) is 22.2. The molecule has 0 unspecified atom stereocenters.